The smallest absolute Gasteiger partial charge is 0.348 e. The zero-order valence-corrected chi connectivity index (χ0v) is 22.0. The molecule has 2 aromatic carbocycles. The highest BCUT2D eigenvalue weighted by molar-refractivity contribution is 7.99. The number of esters is 1. The number of nitrogens with zero attached hydrogens (tertiary/aromatic N) is 2. The number of hydrogen-bond donors (Lipinski definition) is 0. The number of halogens is 2. The van der Waals surface area contributed by atoms with Crippen LogP contribution in [0.2, 0.25) is 10.0 Å². The molecule has 0 saturated heterocycles. The van der Waals surface area contributed by atoms with Crippen molar-refractivity contribution in [3.8, 4) is 0 Å². The van der Waals surface area contributed by atoms with Crippen molar-refractivity contribution in [1.29, 1.82) is 0 Å². The van der Waals surface area contributed by atoms with E-state index in [1.807, 2.05) is 6.07 Å². The van der Waals surface area contributed by atoms with E-state index >= 15 is 0 Å². The molecule has 0 spiro atoms. The molecule has 0 aliphatic heterocycles. The van der Waals surface area contributed by atoms with Crippen LogP contribution in [0, 0.1) is 6.92 Å². The molecule has 0 bridgehead atoms. The van der Waals surface area contributed by atoms with Crippen molar-refractivity contribution >= 4 is 68.3 Å². The van der Waals surface area contributed by atoms with Crippen molar-refractivity contribution < 1.29 is 14.3 Å². The number of aromatic nitrogens is 2. The van der Waals surface area contributed by atoms with Gasteiger partial charge in [0.2, 0.25) is 0 Å². The molecular formula is C25H20Cl2N2O4S2. The first kappa shape index (κ1) is 25.4. The molecule has 0 unspecified atom stereocenters. The van der Waals surface area contributed by atoms with Crippen molar-refractivity contribution in [3.05, 3.63) is 90.5 Å². The normalized spacial score (nSPS) is 11.1. The van der Waals surface area contributed by atoms with Gasteiger partial charge in [0, 0.05) is 15.6 Å². The Hall–Kier alpha value is -2.65. The lowest BCUT2D eigenvalue weighted by atomic mass is 10.1. The first-order valence-corrected chi connectivity index (χ1v) is 13.2. The lowest BCUT2D eigenvalue weighted by Crippen LogP contribution is -2.24. The van der Waals surface area contributed by atoms with Gasteiger partial charge in [-0.3, -0.25) is 14.2 Å². The molecule has 0 amide bonds. The number of thiophene rings is 1. The molecule has 0 aliphatic rings. The van der Waals surface area contributed by atoms with Crippen LogP contribution in [0.15, 0.2) is 58.5 Å². The fraction of sp³-hybridized carbons (Fsp3) is 0.200. The largest absolute Gasteiger partial charge is 0.462 e. The Morgan fingerprint density at radius 1 is 1.11 bits per heavy atom. The van der Waals surface area contributed by atoms with Crippen molar-refractivity contribution in [1.82, 2.24) is 9.55 Å². The number of thioether (sulfide) groups is 1. The van der Waals surface area contributed by atoms with E-state index in [0.29, 0.717) is 41.4 Å². The van der Waals surface area contributed by atoms with Crippen LogP contribution in [0.5, 0.6) is 0 Å². The SMILES string of the molecule is CCOC(=O)c1sc2nc(SCC(=O)c3ccc(Cl)cc3)n(Cc3cccc(Cl)c3)c(=O)c2c1C. The van der Waals surface area contributed by atoms with Gasteiger partial charge >= 0.3 is 5.97 Å². The fourth-order valence-electron chi connectivity index (χ4n) is 3.51. The molecule has 0 atom stereocenters. The molecule has 0 saturated carbocycles. The standard InChI is InChI=1S/C25H20Cl2N2O4S2/c1-3-33-24(32)21-14(2)20-22(35-21)28-25(34-13-19(30)16-7-9-17(26)10-8-16)29(23(20)31)12-15-5-4-6-18(27)11-15/h4-11H,3,12-13H2,1-2H3. The van der Waals surface area contributed by atoms with Crippen LogP contribution >= 0.6 is 46.3 Å². The molecule has 10 heteroatoms. The number of Topliss-reactive ketones (excluding diaryl/α,β-unsaturated/α-hetero) is 1. The summed E-state index contributed by atoms with van der Waals surface area (Å²) in [6.45, 7) is 3.88. The molecule has 2 aromatic heterocycles. The van der Waals surface area contributed by atoms with Crippen molar-refractivity contribution in [2.75, 3.05) is 12.4 Å². The Kier molecular flexibility index (Phi) is 7.96. The second-order valence-corrected chi connectivity index (χ2v) is 10.4. The number of hydrogen-bond acceptors (Lipinski definition) is 7. The molecule has 0 radical (unpaired) electrons. The van der Waals surface area contributed by atoms with Crippen LogP contribution in [0.25, 0.3) is 10.2 Å². The van der Waals surface area contributed by atoms with Crippen LogP contribution in [0.3, 0.4) is 0 Å². The summed E-state index contributed by atoms with van der Waals surface area (Å²) in [6.07, 6.45) is 0. The van der Waals surface area contributed by atoms with Gasteiger partial charge in [-0.2, -0.15) is 0 Å². The fourth-order valence-corrected chi connectivity index (χ4v) is 5.85. The van der Waals surface area contributed by atoms with Crippen molar-refractivity contribution in [2.45, 2.75) is 25.5 Å². The van der Waals surface area contributed by atoms with Crippen LogP contribution in [0.4, 0.5) is 0 Å². The number of rotatable bonds is 8. The van der Waals surface area contributed by atoms with Gasteiger partial charge in [-0.1, -0.05) is 47.1 Å². The molecular weight excluding hydrogens is 527 g/mol. The Balaban J connectivity index is 1.76. The van der Waals surface area contributed by atoms with E-state index in [-0.39, 0.29) is 30.2 Å². The first-order chi connectivity index (χ1) is 16.8. The highest BCUT2D eigenvalue weighted by Crippen LogP contribution is 2.30. The molecule has 0 fully saturated rings. The van der Waals surface area contributed by atoms with E-state index < -0.39 is 5.97 Å². The van der Waals surface area contributed by atoms with Gasteiger partial charge < -0.3 is 4.74 Å². The maximum atomic E-state index is 13.6. The number of aryl methyl sites for hydroxylation is 1. The Morgan fingerprint density at radius 2 is 1.86 bits per heavy atom. The minimum absolute atomic E-state index is 0.0736. The number of carbonyl (C=O) groups is 2. The minimum atomic E-state index is -0.485. The lowest BCUT2D eigenvalue weighted by Gasteiger charge is -2.12. The molecule has 4 aromatic rings. The molecule has 0 aliphatic carbocycles. The number of benzene rings is 2. The Labute approximate surface area is 219 Å². The summed E-state index contributed by atoms with van der Waals surface area (Å²) < 4.78 is 6.66. The number of fused-ring (bicyclic) bond motifs is 1. The summed E-state index contributed by atoms with van der Waals surface area (Å²) in [7, 11) is 0. The van der Waals surface area contributed by atoms with E-state index in [1.54, 1.807) is 56.3 Å². The molecule has 6 nitrogen and oxygen atoms in total. The van der Waals surface area contributed by atoms with Gasteiger partial charge in [-0.25, -0.2) is 9.78 Å². The predicted octanol–water partition coefficient (Wildman–Crippen LogP) is 6.27. The second kappa shape index (κ2) is 11.0. The second-order valence-electron chi connectivity index (χ2n) is 7.59. The van der Waals surface area contributed by atoms with Crippen LogP contribution in [0.1, 0.15) is 38.1 Å². The van der Waals surface area contributed by atoms with Crippen LogP contribution in [-0.2, 0) is 11.3 Å². The van der Waals surface area contributed by atoms with E-state index in [2.05, 4.69) is 4.98 Å². The summed E-state index contributed by atoms with van der Waals surface area (Å²) in [5.41, 5.74) is 1.57. The molecule has 4 rings (SSSR count). The lowest BCUT2D eigenvalue weighted by molar-refractivity contribution is 0.0531. The van der Waals surface area contributed by atoms with Crippen LogP contribution in [-0.4, -0.2) is 33.7 Å². The first-order valence-electron chi connectivity index (χ1n) is 10.7. The van der Waals surface area contributed by atoms with Crippen molar-refractivity contribution in [2.24, 2.45) is 0 Å². The molecule has 2 heterocycles. The van der Waals surface area contributed by atoms with E-state index in [9.17, 15) is 14.4 Å². The maximum absolute atomic E-state index is 13.6. The topological polar surface area (TPSA) is 78.3 Å². The molecule has 180 valence electrons. The van der Waals surface area contributed by atoms with Gasteiger partial charge in [0.15, 0.2) is 10.9 Å². The van der Waals surface area contributed by atoms with Crippen molar-refractivity contribution in [3.63, 3.8) is 0 Å². The molecule has 0 N–H and O–H groups in total. The summed E-state index contributed by atoms with van der Waals surface area (Å²) in [5, 5.41) is 1.84. The van der Waals surface area contributed by atoms with E-state index in [1.165, 1.54) is 16.3 Å². The third kappa shape index (κ3) is 5.62. The highest BCUT2D eigenvalue weighted by Gasteiger charge is 2.23. The third-order valence-electron chi connectivity index (χ3n) is 5.20. The van der Waals surface area contributed by atoms with Gasteiger partial charge in [0.05, 0.1) is 24.3 Å². The highest BCUT2D eigenvalue weighted by atomic mass is 35.5. The zero-order chi connectivity index (χ0) is 25.1. The number of carbonyl (C=O) groups excluding carboxylic acids is 2. The quantitative estimate of drug-likeness (QED) is 0.112. The number of ether oxygens (including phenoxy) is 1. The summed E-state index contributed by atoms with van der Waals surface area (Å²) >= 11 is 14.4. The monoisotopic (exact) mass is 546 g/mol. The average molecular weight is 547 g/mol. The Bertz CT molecular complexity index is 1480. The summed E-state index contributed by atoms with van der Waals surface area (Å²) in [6, 6.07) is 13.8. The van der Waals surface area contributed by atoms with Gasteiger partial charge in [-0.15, -0.1) is 11.3 Å². The summed E-state index contributed by atoms with van der Waals surface area (Å²) in [4.78, 5) is 44.3. The molecule has 35 heavy (non-hydrogen) atoms. The minimum Gasteiger partial charge on any atom is -0.462 e. The zero-order valence-electron chi connectivity index (χ0n) is 18.8. The third-order valence-corrected chi connectivity index (χ3v) is 7.83. The van der Waals surface area contributed by atoms with Gasteiger partial charge in [-0.05, 0) is 61.4 Å². The predicted molar refractivity (Wildman–Crippen MR) is 142 cm³/mol. The van der Waals surface area contributed by atoms with Gasteiger partial charge in [0.25, 0.3) is 5.56 Å². The summed E-state index contributed by atoms with van der Waals surface area (Å²) in [5.74, 6) is -0.532. The van der Waals surface area contributed by atoms with E-state index in [4.69, 9.17) is 27.9 Å². The maximum Gasteiger partial charge on any atom is 0.348 e. The van der Waals surface area contributed by atoms with E-state index in [0.717, 1.165) is 16.9 Å². The Morgan fingerprint density at radius 3 is 2.54 bits per heavy atom. The average Bonchev–Trinajstić information content (AvgIpc) is 3.16. The number of ketones is 1. The van der Waals surface area contributed by atoms with Crippen LogP contribution < -0.4 is 5.56 Å². The van der Waals surface area contributed by atoms with Gasteiger partial charge in [0.1, 0.15) is 9.71 Å².